The van der Waals surface area contributed by atoms with Crippen LogP contribution in [0.15, 0.2) is 47.4 Å². The number of hydrogen-bond donors (Lipinski definition) is 0. The lowest BCUT2D eigenvalue weighted by Gasteiger charge is -2.34. The summed E-state index contributed by atoms with van der Waals surface area (Å²) in [6, 6.07) is 11.7. The zero-order valence-corrected chi connectivity index (χ0v) is 16.5. The van der Waals surface area contributed by atoms with Gasteiger partial charge in [-0.05, 0) is 37.3 Å². The fraction of sp³-hybridized carbons (Fsp3) is 0.278. The third kappa shape index (κ3) is 3.88. The lowest BCUT2D eigenvalue weighted by Crippen LogP contribution is -2.50. The predicted octanol–water partition coefficient (Wildman–Crippen LogP) is 3.45. The largest absolute Gasteiger partial charge is 0.336 e. The van der Waals surface area contributed by atoms with Crippen LogP contribution in [0, 0.1) is 6.92 Å². The molecule has 0 N–H and O–H groups in total. The number of sulfonamides is 1. The van der Waals surface area contributed by atoms with Gasteiger partial charge in [0, 0.05) is 36.8 Å². The van der Waals surface area contributed by atoms with Gasteiger partial charge in [-0.3, -0.25) is 4.79 Å². The molecule has 1 heterocycles. The topological polar surface area (TPSA) is 57.7 Å². The van der Waals surface area contributed by atoms with Gasteiger partial charge in [0.25, 0.3) is 5.91 Å². The molecular formula is C18H18Cl2N2O3S. The number of piperazine rings is 1. The summed E-state index contributed by atoms with van der Waals surface area (Å²) < 4.78 is 27.0. The van der Waals surface area contributed by atoms with Crippen molar-refractivity contribution in [3.8, 4) is 0 Å². The first kappa shape index (κ1) is 19.2. The van der Waals surface area contributed by atoms with Gasteiger partial charge < -0.3 is 4.90 Å². The quantitative estimate of drug-likeness (QED) is 0.775. The first-order valence-corrected chi connectivity index (χ1v) is 10.3. The van der Waals surface area contributed by atoms with E-state index in [1.54, 1.807) is 23.1 Å². The Morgan fingerprint density at radius 2 is 1.58 bits per heavy atom. The van der Waals surface area contributed by atoms with Crippen LogP contribution in [0.2, 0.25) is 10.0 Å². The van der Waals surface area contributed by atoms with Gasteiger partial charge in [-0.25, -0.2) is 8.42 Å². The molecule has 3 rings (SSSR count). The number of rotatable bonds is 3. The van der Waals surface area contributed by atoms with Crippen LogP contribution in [0.25, 0.3) is 0 Å². The number of halogens is 2. The monoisotopic (exact) mass is 412 g/mol. The summed E-state index contributed by atoms with van der Waals surface area (Å²) >= 11 is 12.0. The molecule has 0 bridgehead atoms. The van der Waals surface area contributed by atoms with Crippen molar-refractivity contribution in [2.75, 3.05) is 26.2 Å². The van der Waals surface area contributed by atoms with E-state index in [-0.39, 0.29) is 28.9 Å². The molecular weight excluding hydrogens is 395 g/mol. The molecule has 26 heavy (non-hydrogen) atoms. The number of amides is 1. The average Bonchev–Trinajstić information content (AvgIpc) is 2.64. The summed E-state index contributed by atoms with van der Waals surface area (Å²) in [5, 5.41) is 0.439. The number of aryl methyl sites for hydroxylation is 1. The first-order chi connectivity index (χ1) is 12.3. The number of carbonyl (C=O) groups is 1. The van der Waals surface area contributed by atoms with Gasteiger partial charge in [0.15, 0.2) is 0 Å². The van der Waals surface area contributed by atoms with Crippen LogP contribution in [-0.2, 0) is 10.0 Å². The average molecular weight is 413 g/mol. The van der Waals surface area contributed by atoms with Gasteiger partial charge in [-0.1, -0.05) is 40.9 Å². The molecule has 8 heteroatoms. The molecule has 1 amide bonds. The molecule has 2 aromatic rings. The Morgan fingerprint density at radius 3 is 2.19 bits per heavy atom. The van der Waals surface area contributed by atoms with Gasteiger partial charge in [0.2, 0.25) is 10.0 Å². The fourth-order valence-corrected chi connectivity index (χ4v) is 4.98. The van der Waals surface area contributed by atoms with E-state index in [0.717, 1.165) is 5.56 Å². The second-order valence-electron chi connectivity index (χ2n) is 6.14. The van der Waals surface area contributed by atoms with Gasteiger partial charge >= 0.3 is 0 Å². The van der Waals surface area contributed by atoms with Crippen molar-refractivity contribution < 1.29 is 13.2 Å². The molecule has 0 saturated carbocycles. The first-order valence-electron chi connectivity index (χ1n) is 8.10. The smallest absolute Gasteiger partial charge is 0.253 e. The summed E-state index contributed by atoms with van der Waals surface area (Å²) in [5.41, 5.74) is 1.68. The highest BCUT2D eigenvalue weighted by Crippen LogP contribution is 2.28. The Kier molecular flexibility index (Phi) is 5.58. The van der Waals surface area contributed by atoms with Gasteiger partial charge in [0.1, 0.15) is 4.90 Å². The standard InChI is InChI=1S/C18H18Cl2N2O3S/c1-13-2-4-14(5-3-13)18(23)21-8-10-22(11-9-21)26(24,25)17-12-15(19)6-7-16(17)20/h2-7,12H,8-11H2,1H3. The van der Waals surface area contributed by atoms with Crippen LogP contribution in [0.1, 0.15) is 15.9 Å². The summed E-state index contributed by atoms with van der Waals surface area (Å²) in [4.78, 5) is 14.2. The molecule has 1 fully saturated rings. The van der Waals surface area contributed by atoms with Crippen molar-refractivity contribution in [3.05, 3.63) is 63.6 Å². The molecule has 1 aliphatic heterocycles. The summed E-state index contributed by atoms with van der Waals surface area (Å²) in [7, 11) is -3.76. The van der Waals surface area contributed by atoms with Crippen LogP contribution in [0.4, 0.5) is 0 Å². The van der Waals surface area contributed by atoms with Crippen molar-refractivity contribution in [1.82, 2.24) is 9.21 Å². The molecule has 0 atom stereocenters. The molecule has 0 radical (unpaired) electrons. The fourth-order valence-electron chi connectivity index (χ4n) is 2.82. The van der Waals surface area contributed by atoms with E-state index < -0.39 is 10.0 Å². The zero-order valence-electron chi connectivity index (χ0n) is 14.2. The van der Waals surface area contributed by atoms with E-state index >= 15 is 0 Å². The maximum atomic E-state index is 12.8. The van der Waals surface area contributed by atoms with Crippen molar-refractivity contribution in [3.63, 3.8) is 0 Å². The van der Waals surface area contributed by atoms with E-state index in [4.69, 9.17) is 23.2 Å². The molecule has 0 spiro atoms. The van der Waals surface area contributed by atoms with Gasteiger partial charge in [-0.2, -0.15) is 4.31 Å². The van der Waals surface area contributed by atoms with Crippen LogP contribution in [0.5, 0.6) is 0 Å². The third-order valence-corrected chi connectivity index (χ3v) is 6.95. The van der Waals surface area contributed by atoms with Crippen molar-refractivity contribution in [2.45, 2.75) is 11.8 Å². The highest BCUT2D eigenvalue weighted by atomic mass is 35.5. The number of nitrogens with zero attached hydrogens (tertiary/aromatic N) is 2. The molecule has 138 valence electrons. The predicted molar refractivity (Wildman–Crippen MR) is 102 cm³/mol. The van der Waals surface area contributed by atoms with E-state index in [1.165, 1.54) is 16.4 Å². The maximum Gasteiger partial charge on any atom is 0.253 e. The molecule has 1 aliphatic rings. The molecule has 5 nitrogen and oxygen atoms in total. The lowest BCUT2D eigenvalue weighted by atomic mass is 10.1. The summed E-state index contributed by atoms with van der Waals surface area (Å²) in [6.07, 6.45) is 0. The number of benzene rings is 2. The summed E-state index contributed by atoms with van der Waals surface area (Å²) in [6.45, 7) is 3.03. The zero-order chi connectivity index (χ0) is 18.9. The van der Waals surface area contributed by atoms with Crippen molar-refractivity contribution in [1.29, 1.82) is 0 Å². The minimum Gasteiger partial charge on any atom is -0.336 e. The van der Waals surface area contributed by atoms with Gasteiger partial charge in [-0.15, -0.1) is 0 Å². The Balaban J connectivity index is 1.72. The SMILES string of the molecule is Cc1ccc(C(=O)N2CCN(S(=O)(=O)c3cc(Cl)ccc3Cl)CC2)cc1. The maximum absolute atomic E-state index is 12.8. The molecule has 0 aliphatic carbocycles. The molecule has 1 saturated heterocycles. The van der Waals surface area contributed by atoms with E-state index in [1.807, 2.05) is 19.1 Å². The third-order valence-electron chi connectivity index (χ3n) is 4.34. The minimum absolute atomic E-state index is 0.00928. The van der Waals surface area contributed by atoms with Crippen LogP contribution in [0.3, 0.4) is 0 Å². The summed E-state index contributed by atoms with van der Waals surface area (Å²) in [5.74, 6) is -0.0946. The van der Waals surface area contributed by atoms with Crippen LogP contribution >= 0.6 is 23.2 Å². The van der Waals surface area contributed by atoms with Crippen molar-refractivity contribution in [2.24, 2.45) is 0 Å². The second-order valence-corrected chi connectivity index (χ2v) is 8.89. The highest BCUT2D eigenvalue weighted by Gasteiger charge is 2.31. The normalized spacial score (nSPS) is 15.9. The molecule has 2 aromatic carbocycles. The van der Waals surface area contributed by atoms with Crippen LogP contribution in [-0.4, -0.2) is 49.7 Å². The Labute approximate surface area is 163 Å². The van der Waals surface area contributed by atoms with Crippen LogP contribution < -0.4 is 0 Å². The Hall–Kier alpha value is -1.60. The highest BCUT2D eigenvalue weighted by molar-refractivity contribution is 7.89. The van der Waals surface area contributed by atoms with E-state index in [9.17, 15) is 13.2 Å². The minimum atomic E-state index is -3.76. The lowest BCUT2D eigenvalue weighted by molar-refractivity contribution is 0.0698. The van der Waals surface area contributed by atoms with Crippen molar-refractivity contribution >= 4 is 39.1 Å². The Bertz CT molecular complexity index is 922. The second kappa shape index (κ2) is 7.56. The number of carbonyl (C=O) groups excluding carboxylic acids is 1. The number of hydrogen-bond acceptors (Lipinski definition) is 3. The van der Waals surface area contributed by atoms with E-state index in [0.29, 0.717) is 23.7 Å². The molecule has 0 aromatic heterocycles. The van der Waals surface area contributed by atoms with E-state index in [2.05, 4.69) is 0 Å². The Morgan fingerprint density at radius 1 is 0.962 bits per heavy atom. The molecule has 0 unspecified atom stereocenters. The van der Waals surface area contributed by atoms with Gasteiger partial charge in [0.05, 0.1) is 5.02 Å².